The van der Waals surface area contributed by atoms with E-state index < -0.39 is 10.0 Å². The average Bonchev–Trinajstić information content (AvgIpc) is 3.25. The number of carbonyl (C=O) groups excluding carboxylic acids is 1. The van der Waals surface area contributed by atoms with E-state index in [1.165, 1.54) is 34.0 Å². The topological polar surface area (TPSA) is 63.2 Å². The summed E-state index contributed by atoms with van der Waals surface area (Å²) < 4.78 is 27.3. The number of rotatable bonds is 6. The van der Waals surface area contributed by atoms with Crippen molar-refractivity contribution in [3.05, 3.63) is 61.3 Å². The third kappa shape index (κ3) is 3.78. The molecule has 0 aliphatic carbocycles. The van der Waals surface area contributed by atoms with Gasteiger partial charge in [0.15, 0.2) is 0 Å². The van der Waals surface area contributed by atoms with Crippen LogP contribution in [0.25, 0.3) is 0 Å². The van der Waals surface area contributed by atoms with E-state index in [-0.39, 0.29) is 12.3 Å². The molecule has 0 aliphatic heterocycles. The van der Waals surface area contributed by atoms with Crippen LogP contribution in [0.5, 0.6) is 0 Å². The number of hydrogen-bond acceptors (Lipinski definition) is 6. The minimum absolute atomic E-state index is 0.0285. The average molecular weight is 384 g/mol. The van der Waals surface area contributed by atoms with E-state index in [1.807, 2.05) is 17.7 Å². The Morgan fingerprint density at radius 2 is 1.96 bits per heavy atom. The summed E-state index contributed by atoms with van der Waals surface area (Å²) >= 11 is 4.03. The van der Waals surface area contributed by atoms with Gasteiger partial charge < -0.3 is 0 Å². The zero-order valence-corrected chi connectivity index (χ0v) is 15.4. The Bertz CT molecular complexity index is 920. The highest BCUT2D eigenvalue weighted by atomic mass is 32.2. The predicted molar refractivity (Wildman–Crippen MR) is 95.2 cm³/mol. The first-order chi connectivity index (χ1) is 11.0. The summed E-state index contributed by atoms with van der Waals surface area (Å²) in [6.07, 6.45) is 0. The summed E-state index contributed by atoms with van der Waals surface area (Å²) in [5.41, 5.74) is 0.665. The van der Waals surface area contributed by atoms with Gasteiger partial charge in [-0.05, 0) is 42.6 Å². The maximum atomic E-state index is 12.2. The van der Waals surface area contributed by atoms with Gasteiger partial charge in [-0.1, -0.05) is 0 Å². The van der Waals surface area contributed by atoms with Crippen molar-refractivity contribution in [2.24, 2.45) is 0 Å². The van der Waals surface area contributed by atoms with Gasteiger partial charge >= 0.3 is 0 Å². The smallest absolute Gasteiger partial charge is 0.250 e. The Labute approximate surface area is 146 Å². The molecule has 0 bridgehead atoms. The summed E-state index contributed by atoms with van der Waals surface area (Å²) in [5, 5.41) is 3.67. The van der Waals surface area contributed by atoms with Gasteiger partial charge in [0, 0.05) is 27.2 Å². The molecule has 0 unspecified atom stereocenters. The van der Waals surface area contributed by atoms with Gasteiger partial charge in [-0.25, -0.2) is 13.1 Å². The van der Waals surface area contributed by atoms with Crippen LogP contribution in [0.1, 0.15) is 25.0 Å². The first kappa shape index (κ1) is 16.5. The number of carbonyl (C=O) groups is 1. The lowest BCUT2D eigenvalue weighted by Gasteiger charge is -2.02. The van der Waals surface area contributed by atoms with Crippen LogP contribution >= 0.6 is 34.0 Å². The summed E-state index contributed by atoms with van der Waals surface area (Å²) in [7, 11) is -3.50. The molecule has 3 aromatic rings. The molecule has 120 valence electrons. The van der Waals surface area contributed by atoms with Crippen LogP contribution in [-0.2, 0) is 16.6 Å². The maximum Gasteiger partial charge on any atom is 0.250 e. The van der Waals surface area contributed by atoms with Crippen LogP contribution in [-0.4, -0.2) is 14.2 Å². The molecule has 0 radical (unpaired) electrons. The van der Waals surface area contributed by atoms with Crippen molar-refractivity contribution < 1.29 is 13.2 Å². The lowest BCUT2D eigenvalue weighted by molar-refractivity contribution is 0.104. The molecule has 0 atom stereocenters. The second kappa shape index (κ2) is 6.66. The van der Waals surface area contributed by atoms with Crippen molar-refractivity contribution >= 4 is 49.8 Å². The van der Waals surface area contributed by atoms with Gasteiger partial charge in [-0.2, -0.15) is 11.3 Å². The van der Waals surface area contributed by atoms with E-state index in [0.717, 1.165) is 9.75 Å². The normalized spacial score (nSPS) is 11.7. The molecule has 0 aromatic carbocycles. The molecular formula is C15H13NO3S4. The van der Waals surface area contributed by atoms with E-state index in [9.17, 15) is 13.2 Å². The summed E-state index contributed by atoms with van der Waals surface area (Å²) in [5.74, 6) is -0.0285. The molecule has 1 N–H and O–H groups in total. The molecule has 8 heteroatoms. The standard InChI is InChI=1S/C15H13NO3S4/c1-10-2-5-14(21-10)23(18,19)16-8-12-3-4-13(22-12)15(17)11-6-7-20-9-11/h2-7,9,16H,8H2,1H3. The Kier molecular flexibility index (Phi) is 4.79. The first-order valence-electron chi connectivity index (χ1n) is 6.67. The van der Waals surface area contributed by atoms with Crippen molar-refractivity contribution in [3.63, 3.8) is 0 Å². The van der Waals surface area contributed by atoms with E-state index in [2.05, 4.69) is 4.72 Å². The number of nitrogens with one attached hydrogen (secondary N) is 1. The van der Waals surface area contributed by atoms with Gasteiger partial charge in [0.25, 0.3) is 0 Å². The lowest BCUT2D eigenvalue weighted by atomic mass is 10.2. The van der Waals surface area contributed by atoms with Gasteiger partial charge in [0.2, 0.25) is 15.8 Å². The van der Waals surface area contributed by atoms with Crippen LogP contribution in [0.15, 0.2) is 45.3 Å². The summed E-state index contributed by atoms with van der Waals surface area (Å²) in [6, 6.07) is 8.69. The molecular weight excluding hydrogens is 370 g/mol. The highest BCUT2D eigenvalue weighted by molar-refractivity contribution is 7.91. The lowest BCUT2D eigenvalue weighted by Crippen LogP contribution is -2.21. The van der Waals surface area contributed by atoms with Crippen LogP contribution in [0.4, 0.5) is 0 Å². The number of hydrogen-bond donors (Lipinski definition) is 1. The monoisotopic (exact) mass is 383 g/mol. The highest BCUT2D eigenvalue weighted by Crippen LogP contribution is 2.23. The second-order valence-corrected chi connectivity index (χ2v) is 10.0. The SMILES string of the molecule is Cc1ccc(S(=O)(=O)NCc2ccc(C(=O)c3ccsc3)s2)s1. The number of aryl methyl sites for hydroxylation is 1. The third-order valence-electron chi connectivity index (χ3n) is 3.09. The number of ketones is 1. The van der Waals surface area contributed by atoms with Crippen molar-refractivity contribution in [2.45, 2.75) is 17.7 Å². The molecule has 0 amide bonds. The molecule has 4 nitrogen and oxygen atoms in total. The number of sulfonamides is 1. The molecule has 0 fully saturated rings. The van der Waals surface area contributed by atoms with E-state index >= 15 is 0 Å². The van der Waals surface area contributed by atoms with Crippen molar-refractivity contribution in [1.29, 1.82) is 0 Å². The molecule has 3 heterocycles. The Hall–Kier alpha value is -1.32. The van der Waals surface area contributed by atoms with E-state index in [4.69, 9.17) is 0 Å². The van der Waals surface area contributed by atoms with Gasteiger partial charge in [-0.15, -0.1) is 22.7 Å². The third-order valence-corrected chi connectivity index (χ3v) is 7.75. The summed E-state index contributed by atoms with van der Waals surface area (Å²) in [6.45, 7) is 2.05. The van der Waals surface area contributed by atoms with Gasteiger partial charge in [0.05, 0.1) is 4.88 Å². The molecule has 23 heavy (non-hydrogen) atoms. The molecule has 0 saturated carbocycles. The minimum Gasteiger partial charge on any atom is -0.288 e. The molecule has 3 aromatic heterocycles. The fraction of sp³-hybridized carbons (Fsp3) is 0.133. The van der Waals surface area contributed by atoms with Crippen LogP contribution in [0.3, 0.4) is 0 Å². The van der Waals surface area contributed by atoms with Crippen molar-refractivity contribution in [2.75, 3.05) is 0 Å². The van der Waals surface area contributed by atoms with Crippen molar-refractivity contribution in [1.82, 2.24) is 4.72 Å². The van der Waals surface area contributed by atoms with Crippen molar-refractivity contribution in [3.8, 4) is 0 Å². The van der Waals surface area contributed by atoms with Crippen LogP contribution < -0.4 is 4.72 Å². The fourth-order valence-electron chi connectivity index (χ4n) is 1.92. The molecule has 0 saturated heterocycles. The van der Waals surface area contributed by atoms with Gasteiger partial charge in [0.1, 0.15) is 4.21 Å². The Morgan fingerprint density at radius 3 is 2.61 bits per heavy atom. The molecule has 3 rings (SSSR count). The minimum atomic E-state index is -3.50. The predicted octanol–water partition coefficient (Wildman–Crippen LogP) is 3.89. The molecule has 0 spiro atoms. The zero-order valence-electron chi connectivity index (χ0n) is 12.1. The zero-order chi connectivity index (χ0) is 16.4. The highest BCUT2D eigenvalue weighted by Gasteiger charge is 2.17. The molecule has 0 aliphatic rings. The van der Waals surface area contributed by atoms with Crippen LogP contribution in [0, 0.1) is 6.92 Å². The summed E-state index contributed by atoms with van der Waals surface area (Å²) in [4.78, 5) is 14.6. The van der Waals surface area contributed by atoms with Gasteiger partial charge in [-0.3, -0.25) is 4.79 Å². The van der Waals surface area contributed by atoms with E-state index in [1.54, 1.807) is 30.3 Å². The first-order valence-corrected chi connectivity index (χ1v) is 10.7. The Balaban J connectivity index is 1.69. The maximum absolute atomic E-state index is 12.2. The number of thiophene rings is 3. The largest absolute Gasteiger partial charge is 0.288 e. The quantitative estimate of drug-likeness (QED) is 0.657. The second-order valence-electron chi connectivity index (χ2n) is 4.80. The Morgan fingerprint density at radius 1 is 1.13 bits per heavy atom. The van der Waals surface area contributed by atoms with E-state index in [0.29, 0.717) is 14.6 Å². The fourth-order valence-corrected chi connectivity index (χ4v) is 5.90. The van der Waals surface area contributed by atoms with Crippen LogP contribution in [0.2, 0.25) is 0 Å².